The molecule has 4 saturated heterocycles. The number of carbonyl (C=O) groups is 4. The first kappa shape index (κ1) is 37.0. The van der Waals surface area contributed by atoms with Gasteiger partial charge in [-0.25, -0.2) is 9.59 Å². The van der Waals surface area contributed by atoms with Crippen LogP contribution >= 0.6 is 0 Å². The third kappa shape index (κ3) is 6.14. The standard InChI is InChI=1S/C41H48N4O9Si/c1-26-37(55(3,4)32-14-12-31(51-2)13-15-32)35(23-36(47)42-17-5-6-30(42)25-46)54-41(26)33-22-29(44-19-21-53-40(44)50)11-16-34(33)45(38(41)48)24-27-7-9-28(10-8-27)43-18-20-52-39(43)49/h7-16,22,26,30,35,37,46H,5-6,17-21,23-25H2,1-4H3/t26-,30+,35+,37-,41+/m1/s1. The zero-order valence-electron chi connectivity index (χ0n) is 31.7. The molecule has 290 valence electrons. The van der Waals surface area contributed by atoms with Crippen molar-refractivity contribution in [3.63, 3.8) is 0 Å². The molecular weight excluding hydrogens is 721 g/mol. The molecule has 0 radical (unpaired) electrons. The Bertz CT molecular complexity index is 1990. The van der Waals surface area contributed by atoms with Crippen LogP contribution in [0.3, 0.4) is 0 Å². The van der Waals surface area contributed by atoms with Crippen molar-refractivity contribution in [3.8, 4) is 5.75 Å². The molecule has 5 atom stereocenters. The Labute approximate surface area is 321 Å². The highest BCUT2D eigenvalue weighted by atomic mass is 28.3. The zero-order chi connectivity index (χ0) is 38.6. The molecule has 5 heterocycles. The number of aliphatic hydroxyl groups is 1. The average Bonchev–Trinajstić information content (AvgIpc) is 4.02. The second kappa shape index (κ2) is 14.3. The molecule has 1 N–H and O–H groups in total. The van der Waals surface area contributed by atoms with E-state index in [1.165, 1.54) is 0 Å². The first-order valence-electron chi connectivity index (χ1n) is 19.1. The summed E-state index contributed by atoms with van der Waals surface area (Å²) in [5, 5.41) is 11.2. The van der Waals surface area contributed by atoms with E-state index in [0.717, 1.165) is 29.3 Å². The van der Waals surface area contributed by atoms with Gasteiger partial charge in [0.05, 0.1) is 65.7 Å². The van der Waals surface area contributed by atoms with Crippen LogP contribution in [-0.2, 0) is 35.9 Å². The Hall–Kier alpha value is -4.92. The summed E-state index contributed by atoms with van der Waals surface area (Å²) in [4.78, 5) is 61.2. The number of rotatable bonds is 10. The highest BCUT2D eigenvalue weighted by Gasteiger charge is 2.66. The second-order valence-corrected chi connectivity index (χ2v) is 20.4. The van der Waals surface area contributed by atoms with Gasteiger partial charge in [-0.3, -0.25) is 19.4 Å². The van der Waals surface area contributed by atoms with Crippen molar-refractivity contribution >= 4 is 54.3 Å². The molecule has 1 spiro atoms. The van der Waals surface area contributed by atoms with Crippen molar-refractivity contribution in [1.29, 1.82) is 0 Å². The van der Waals surface area contributed by atoms with Gasteiger partial charge >= 0.3 is 12.2 Å². The Morgan fingerprint density at radius 3 is 2.18 bits per heavy atom. The fraction of sp³-hybridized carbons (Fsp3) is 0.463. The largest absolute Gasteiger partial charge is 0.497 e. The van der Waals surface area contributed by atoms with E-state index < -0.39 is 25.9 Å². The molecule has 5 aliphatic heterocycles. The predicted molar refractivity (Wildman–Crippen MR) is 207 cm³/mol. The molecule has 0 aliphatic carbocycles. The average molecular weight is 769 g/mol. The second-order valence-electron chi connectivity index (χ2n) is 15.7. The quantitative estimate of drug-likeness (QED) is 0.290. The number of fused-ring (bicyclic) bond motifs is 2. The van der Waals surface area contributed by atoms with Gasteiger partial charge in [-0.05, 0) is 66.4 Å². The number of aliphatic hydroxyl groups excluding tert-OH is 1. The third-order valence-electron chi connectivity index (χ3n) is 12.5. The smallest absolute Gasteiger partial charge is 0.414 e. The Morgan fingerprint density at radius 2 is 1.56 bits per heavy atom. The number of anilines is 3. The summed E-state index contributed by atoms with van der Waals surface area (Å²) < 4.78 is 23.1. The van der Waals surface area contributed by atoms with Crippen molar-refractivity contribution in [2.45, 2.75) is 69.1 Å². The van der Waals surface area contributed by atoms with Gasteiger partial charge in [0.25, 0.3) is 5.91 Å². The molecule has 3 aromatic carbocycles. The lowest BCUT2D eigenvalue weighted by Crippen LogP contribution is -2.52. The summed E-state index contributed by atoms with van der Waals surface area (Å²) in [5.74, 6) is 0.0564. The number of ether oxygens (including phenoxy) is 4. The minimum Gasteiger partial charge on any atom is -0.497 e. The molecule has 0 bridgehead atoms. The fourth-order valence-corrected chi connectivity index (χ4v) is 13.7. The monoisotopic (exact) mass is 768 g/mol. The van der Waals surface area contributed by atoms with Gasteiger partial charge in [-0.15, -0.1) is 0 Å². The number of hydrogen-bond donors (Lipinski definition) is 1. The van der Waals surface area contributed by atoms with E-state index in [2.05, 4.69) is 32.2 Å². The lowest BCUT2D eigenvalue weighted by atomic mass is 9.82. The molecule has 5 aliphatic rings. The molecule has 0 saturated carbocycles. The van der Waals surface area contributed by atoms with E-state index in [4.69, 9.17) is 18.9 Å². The summed E-state index contributed by atoms with van der Waals surface area (Å²) in [6.07, 6.45) is 0.197. The van der Waals surface area contributed by atoms with Crippen LogP contribution in [0.5, 0.6) is 5.75 Å². The number of methoxy groups -OCH3 is 1. The molecule has 0 aromatic heterocycles. The minimum absolute atomic E-state index is 0.0704. The topological polar surface area (TPSA) is 138 Å². The van der Waals surface area contributed by atoms with Crippen LogP contribution in [-0.4, -0.2) is 101 Å². The van der Waals surface area contributed by atoms with Crippen LogP contribution in [0.2, 0.25) is 18.6 Å². The Kier molecular flexibility index (Phi) is 9.62. The maximum atomic E-state index is 15.4. The lowest BCUT2D eigenvalue weighted by Gasteiger charge is -2.37. The van der Waals surface area contributed by atoms with Crippen LogP contribution in [0.15, 0.2) is 66.7 Å². The number of cyclic esters (lactones) is 2. The first-order chi connectivity index (χ1) is 26.5. The zero-order valence-corrected chi connectivity index (χ0v) is 32.7. The lowest BCUT2D eigenvalue weighted by molar-refractivity contribution is -0.150. The van der Waals surface area contributed by atoms with E-state index in [9.17, 15) is 19.5 Å². The van der Waals surface area contributed by atoms with E-state index >= 15 is 4.79 Å². The highest BCUT2D eigenvalue weighted by molar-refractivity contribution is 6.91. The normalized spacial score (nSPS) is 26.3. The number of amides is 4. The van der Waals surface area contributed by atoms with Crippen molar-refractivity contribution in [2.75, 3.05) is 61.3 Å². The minimum atomic E-state index is -2.55. The maximum absolute atomic E-state index is 15.4. The van der Waals surface area contributed by atoms with Gasteiger partial charge in [0, 0.05) is 29.4 Å². The molecule has 3 aromatic rings. The van der Waals surface area contributed by atoms with Crippen LogP contribution in [0.25, 0.3) is 0 Å². The van der Waals surface area contributed by atoms with Gasteiger partial charge in [0.15, 0.2) is 5.60 Å². The summed E-state index contributed by atoms with van der Waals surface area (Å²) >= 11 is 0. The van der Waals surface area contributed by atoms with Gasteiger partial charge in [0.1, 0.15) is 19.0 Å². The molecule has 4 amide bonds. The van der Waals surface area contributed by atoms with Crippen LogP contribution < -0.4 is 24.6 Å². The number of nitrogens with zero attached hydrogens (tertiary/aromatic N) is 4. The Morgan fingerprint density at radius 1 is 0.909 bits per heavy atom. The van der Waals surface area contributed by atoms with E-state index in [1.54, 1.807) is 26.7 Å². The fourth-order valence-electron chi connectivity index (χ4n) is 9.69. The maximum Gasteiger partial charge on any atom is 0.414 e. The van der Waals surface area contributed by atoms with E-state index in [0.29, 0.717) is 48.9 Å². The van der Waals surface area contributed by atoms with Crippen molar-refractivity contribution in [3.05, 3.63) is 77.9 Å². The summed E-state index contributed by atoms with van der Waals surface area (Å²) in [6.45, 7) is 8.79. The molecule has 14 heteroatoms. The number of carbonyl (C=O) groups excluding carboxylic acids is 4. The van der Waals surface area contributed by atoms with Gasteiger partial charge < -0.3 is 33.9 Å². The molecule has 4 fully saturated rings. The van der Waals surface area contributed by atoms with Crippen LogP contribution in [0, 0.1) is 5.92 Å². The number of hydrogen-bond acceptors (Lipinski definition) is 9. The predicted octanol–water partition coefficient (Wildman–Crippen LogP) is 4.74. The molecular formula is C41H48N4O9Si. The van der Waals surface area contributed by atoms with Crippen LogP contribution in [0.4, 0.5) is 26.7 Å². The van der Waals surface area contributed by atoms with Crippen molar-refractivity contribution < 1.29 is 43.2 Å². The SMILES string of the molecule is COc1ccc([Si](C)(C)[C@H]2[C@H](CC(=O)N3CCC[C@H]3CO)O[C@@]3(C(=O)N(Cc4ccc(N5CCOC5=O)cc4)c4ccc(N5CCOC5=O)cc43)[C@@H]2C)cc1. The first-order valence-corrected chi connectivity index (χ1v) is 22.2. The van der Waals surface area contributed by atoms with E-state index in [-0.39, 0.29) is 61.6 Å². The highest BCUT2D eigenvalue weighted by Crippen LogP contribution is 2.60. The summed E-state index contributed by atoms with van der Waals surface area (Å²) in [7, 11) is -0.918. The molecule has 55 heavy (non-hydrogen) atoms. The van der Waals surface area contributed by atoms with Crippen LogP contribution in [0.1, 0.15) is 37.3 Å². The summed E-state index contributed by atoms with van der Waals surface area (Å²) in [6, 6.07) is 21.0. The number of benzene rings is 3. The van der Waals surface area contributed by atoms with Gasteiger partial charge in [-0.2, -0.15) is 0 Å². The van der Waals surface area contributed by atoms with Gasteiger partial charge in [0.2, 0.25) is 5.91 Å². The number of likely N-dealkylation sites (tertiary alicyclic amines) is 1. The summed E-state index contributed by atoms with van der Waals surface area (Å²) in [5.41, 5.74) is 1.87. The Balaban J connectivity index is 1.21. The third-order valence-corrected chi connectivity index (χ3v) is 16.9. The molecule has 8 rings (SSSR count). The van der Waals surface area contributed by atoms with E-state index in [1.807, 2.05) is 54.6 Å². The molecule has 13 nitrogen and oxygen atoms in total. The van der Waals surface area contributed by atoms with Crippen molar-refractivity contribution in [1.82, 2.24) is 4.90 Å². The van der Waals surface area contributed by atoms with Gasteiger partial charge in [-0.1, -0.05) is 49.5 Å². The molecule has 0 unspecified atom stereocenters. The van der Waals surface area contributed by atoms with Crippen molar-refractivity contribution in [2.24, 2.45) is 5.92 Å².